The van der Waals surface area contributed by atoms with Gasteiger partial charge in [0.1, 0.15) is 24.6 Å². The van der Waals surface area contributed by atoms with E-state index >= 15 is 0 Å². The van der Waals surface area contributed by atoms with Crippen molar-refractivity contribution in [1.29, 1.82) is 0 Å². The fourth-order valence-corrected chi connectivity index (χ4v) is 2.77. The lowest BCUT2D eigenvalue weighted by Crippen LogP contribution is -2.31. The molecule has 9 heteroatoms. The summed E-state index contributed by atoms with van der Waals surface area (Å²) in [6, 6.07) is 6.35. The molecule has 26 heavy (non-hydrogen) atoms. The summed E-state index contributed by atoms with van der Waals surface area (Å²) in [6.45, 7) is 0.157. The van der Waals surface area contributed by atoms with E-state index in [1.807, 2.05) is 0 Å². The number of carbonyl (C=O) groups excluding carboxylic acids is 2. The maximum Gasteiger partial charge on any atom is 0.325 e. The monoisotopic (exact) mass is 396 g/mol. The lowest BCUT2D eigenvalue weighted by atomic mass is 10.1. The SMILES string of the molecule is O=C(CNC(=O)c1cc(Cl)ccn1)OCc1cc(Cl)cc2c1OCOC2. The lowest BCUT2D eigenvalue weighted by Gasteiger charge is -2.21. The van der Waals surface area contributed by atoms with Gasteiger partial charge >= 0.3 is 5.97 Å². The van der Waals surface area contributed by atoms with Crippen LogP contribution in [0.4, 0.5) is 0 Å². The smallest absolute Gasteiger partial charge is 0.325 e. The Morgan fingerprint density at radius 3 is 2.88 bits per heavy atom. The van der Waals surface area contributed by atoms with Gasteiger partial charge in [0.25, 0.3) is 5.91 Å². The minimum Gasteiger partial charge on any atom is -0.467 e. The Bertz CT molecular complexity index is 844. The summed E-state index contributed by atoms with van der Waals surface area (Å²) in [4.78, 5) is 27.7. The van der Waals surface area contributed by atoms with Gasteiger partial charge in [-0.1, -0.05) is 23.2 Å². The van der Waals surface area contributed by atoms with Crippen LogP contribution in [0.5, 0.6) is 5.75 Å². The molecule has 1 N–H and O–H groups in total. The minimum absolute atomic E-state index is 0.0347. The molecule has 0 atom stereocenters. The molecule has 1 aliphatic rings. The number of amides is 1. The number of halogens is 2. The quantitative estimate of drug-likeness (QED) is 0.781. The van der Waals surface area contributed by atoms with E-state index in [2.05, 4.69) is 10.3 Å². The Balaban J connectivity index is 1.55. The molecule has 0 aliphatic carbocycles. The Morgan fingerprint density at radius 2 is 2.08 bits per heavy atom. The highest BCUT2D eigenvalue weighted by atomic mass is 35.5. The van der Waals surface area contributed by atoms with Crippen LogP contribution >= 0.6 is 23.2 Å². The normalized spacial score (nSPS) is 12.7. The van der Waals surface area contributed by atoms with Crippen molar-refractivity contribution in [3.05, 3.63) is 57.3 Å². The second-order valence-corrected chi connectivity index (χ2v) is 6.24. The van der Waals surface area contributed by atoms with E-state index < -0.39 is 11.9 Å². The van der Waals surface area contributed by atoms with E-state index in [0.29, 0.717) is 28.0 Å². The van der Waals surface area contributed by atoms with Crippen LogP contribution < -0.4 is 10.1 Å². The average molecular weight is 397 g/mol. The van der Waals surface area contributed by atoms with Crippen LogP contribution in [0, 0.1) is 0 Å². The van der Waals surface area contributed by atoms with E-state index in [0.717, 1.165) is 5.56 Å². The first kappa shape index (κ1) is 18.4. The summed E-state index contributed by atoms with van der Waals surface area (Å²) < 4.78 is 15.8. The van der Waals surface area contributed by atoms with Crippen LogP contribution in [0.3, 0.4) is 0 Å². The molecule has 3 rings (SSSR count). The number of rotatable bonds is 5. The Labute approximate surface area is 159 Å². The largest absolute Gasteiger partial charge is 0.467 e. The van der Waals surface area contributed by atoms with E-state index in [9.17, 15) is 9.59 Å². The zero-order valence-electron chi connectivity index (χ0n) is 13.5. The van der Waals surface area contributed by atoms with Crippen LogP contribution in [0.15, 0.2) is 30.5 Å². The summed E-state index contributed by atoms with van der Waals surface area (Å²) in [6.07, 6.45) is 1.40. The molecule has 1 amide bonds. The highest BCUT2D eigenvalue weighted by Crippen LogP contribution is 2.32. The topological polar surface area (TPSA) is 86.8 Å². The predicted molar refractivity (Wildman–Crippen MR) is 93.1 cm³/mol. The van der Waals surface area contributed by atoms with Crippen LogP contribution in [0.1, 0.15) is 21.6 Å². The molecule has 0 unspecified atom stereocenters. The van der Waals surface area contributed by atoms with Crippen LogP contribution in [0.25, 0.3) is 0 Å². The molecule has 0 bridgehead atoms. The third-order valence-electron chi connectivity index (χ3n) is 3.49. The number of hydrogen-bond donors (Lipinski definition) is 1. The van der Waals surface area contributed by atoms with Crippen molar-refractivity contribution in [3.63, 3.8) is 0 Å². The first-order chi connectivity index (χ1) is 12.5. The maximum atomic E-state index is 11.9. The fraction of sp³-hybridized carbons (Fsp3) is 0.235. The van der Waals surface area contributed by atoms with Gasteiger partial charge in [0.2, 0.25) is 0 Å². The maximum absolute atomic E-state index is 11.9. The number of esters is 1. The number of pyridine rings is 1. The van der Waals surface area contributed by atoms with Crippen molar-refractivity contribution in [1.82, 2.24) is 10.3 Å². The van der Waals surface area contributed by atoms with Crippen LogP contribution in [-0.2, 0) is 27.5 Å². The van der Waals surface area contributed by atoms with E-state index in [1.165, 1.54) is 12.3 Å². The van der Waals surface area contributed by atoms with Gasteiger partial charge in [-0.05, 0) is 24.3 Å². The van der Waals surface area contributed by atoms with Gasteiger partial charge in [-0.3, -0.25) is 14.6 Å². The number of nitrogens with zero attached hydrogens (tertiary/aromatic N) is 1. The molecule has 2 heterocycles. The van der Waals surface area contributed by atoms with Gasteiger partial charge in [0.05, 0.1) is 6.61 Å². The first-order valence-electron chi connectivity index (χ1n) is 7.60. The van der Waals surface area contributed by atoms with Crippen LogP contribution in [0.2, 0.25) is 10.0 Å². The summed E-state index contributed by atoms with van der Waals surface area (Å²) >= 11 is 11.9. The van der Waals surface area contributed by atoms with Crippen LogP contribution in [-0.4, -0.2) is 30.2 Å². The zero-order chi connectivity index (χ0) is 18.5. The van der Waals surface area contributed by atoms with Gasteiger partial charge in [-0.2, -0.15) is 0 Å². The number of ether oxygens (including phenoxy) is 3. The van der Waals surface area contributed by atoms with Crippen molar-refractivity contribution in [3.8, 4) is 5.75 Å². The van der Waals surface area contributed by atoms with Gasteiger partial charge in [0, 0.05) is 27.4 Å². The molecule has 0 spiro atoms. The molecule has 136 valence electrons. The van der Waals surface area contributed by atoms with Gasteiger partial charge in [-0.25, -0.2) is 0 Å². The average Bonchev–Trinajstić information content (AvgIpc) is 2.64. The molecular formula is C17H14Cl2N2O5. The van der Waals surface area contributed by atoms with Crippen molar-refractivity contribution < 1.29 is 23.8 Å². The first-order valence-corrected chi connectivity index (χ1v) is 8.36. The third kappa shape index (κ3) is 4.63. The third-order valence-corrected chi connectivity index (χ3v) is 3.94. The minimum atomic E-state index is -0.610. The number of benzene rings is 1. The molecule has 1 aromatic carbocycles. The van der Waals surface area contributed by atoms with Crippen molar-refractivity contribution in [2.75, 3.05) is 13.3 Å². The molecule has 0 saturated carbocycles. The number of aromatic nitrogens is 1. The summed E-state index contributed by atoms with van der Waals surface area (Å²) in [5.41, 5.74) is 1.53. The van der Waals surface area contributed by atoms with Crippen molar-refractivity contribution in [2.24, 2.45) is 0 Å². The number of nitrogens with one attached hydrogen (secondary N) is 1. The highest BCUT2D eigenvalue weighted by molar-refractivity contribution is 6.31. The van der Waals surface area contributed by atoms with Gasteiger partial charge in [0.15, 0.2) is 6.79 Å². The summed E-state index contributed by atoms with van der Waals surface area (Å²) in [5, 5.41) is 3.29. The highest BCUT2D eigenvalue weighted by Gasteiger charge is 2.18. The van der Waals surface area contributed by atoms with E-state index in [4.69, 9.17) is 37.4 Å². The second kappa shape index (κ2) is 8.35. The standard InChI is InChI=1S/C17H14Cl2N2O5/c18-12-1-2-20-14(5-12)17(23)21-6-15(22)25-8-11-4-13(19)3-10-7-24-9-26-16(10)11/h1-5H,6-9H2,(H,21,23). The summed E-state index contributed by atoms with van der Waals surface area (Å²) in [7, 11) is 0. The second-order valence-electron chi connectivity index (χ2n) is 5.37. The molecular weight excluding hydrogens is 383 g/mol. The van der Waals surface area contributed by atoms with Crippen molar-refractivity contribution >= 4 is 35.1 Å². The Hall–Kier alpha value is -2.35. The van der Waals surface area contributed by atoms with Gasteiger partial charge in [-0.15, -0.1) is 0 Å². The number of hydrogen-bond acceptors (Lipinski definition) is 6. The van der Waals surface area contributed by atoms with Crippen molar-refractivity contribution in [2.45, 2.75) is 13.2 Å². The van der Waals surface area contributed by atoms with Gasteiger partial charge < -0.3 is 19.5 Å². The van der Waals surface area contributed by atoms with E-state index in [1.54, 1.807) is 18.2 Å². The molecule has 7 nitrogen and oxygen atoms in total. The molecule has 0 saturated heterocycles. The Morgan fingerprint density at radius 1 is 1.23 bits per heavy atom. The molecule has 1 aliphatic heterocycles. The summed E-state index contributed by atoms with van der Waals surface area (Å²) in [5.74, 6) is -0.535. The zero-order valence-corrected chi connectivity index (χ0v) is 15.0. The Kier molecular flexibility index (Phi) is 5.92. The molecule has 2 aromatic rings. The number of fused-ring (bicyclic) bond motifs is 1. The number of carbonyl (C=O) groups is 2. The molecule has 0 radical (unpaired) electrons. The molecule has 1 aromatic heterocycles. The molecule has 0 fully saturated rings. The lowest BCUT2D eigenvalue weighted by molar-refractivity contribution is -0.143. The predicted octanol–water partition coefficient (Wildman–Crippen LogP) is 2.73. The van der Waals surface area contributed by atoms with E-state index in [-0.39, 0.29) is 25.6 Å². The fourth-order valence-electron chi connectivity index (χ4n) is 2.35.